The molecule has 0 unspecified atom stereocenters. The van der Waals surface area contributed by atoms with Gasteiger partial charge in [-0.3, -0.25) is 0 Å². The van der Waals surface area contributed by atoms with Crippen LogP contribution in [0.2, 0.25) is 10.0 Å². The van der Waals surface area contributed by atoms with Crippen molar-refractivity contribution in [2.75, 3.05) is 7.29 Å². The summed E-state index contributed by atoms with van der Waals surface area (Å²) in [5.74, 6) is 0. The van der Waals surface area contributed by atoms with Gasteiger partial charge in [0.15, 0.2) is 0 Å². The van der Waals surface area contributed by atoms with Crippen LogP contribution in [0.25, 0.3) is 12.2 Å². The van der Waals surface area contributed by atoms with E-state index in [4.69, 9.17) is 0 Å². The fraction of sp³-hybridized carbons (Fsp3) is 0.250. The van der Waals surface area contributed by atoms with E-state index >= 15 is 0 Å². The Balaban J connectivity index is 2.14. The van der Waals surface area contributed by atoms with E-state index in [9.17, 15) is 0 Å². The predicted molar refractivity (Wildman–Crippen MR) is 78.8 cm³/mol. The third kappa shape index (κ3) is 1.24. The molecule has 1 aromatic rings. The molecule has 0 aromatic heterocycles. The van der Waals surface area contributed by atoms with Gasteiger partial charge in [-0.15, -0.1) is 0 Å². The van der Waals surface area contributed by atoms with E-state index in [1.54, 1.807) is 0 Å². The monoisotopic (exact) mass is 302 g/mol. The van der Waals surface area contributed by atoms with Crippen LogP contribution in [-0.4, -0.2) is 0 Å². The number of benzene rings is 1. The van der Waals surface area contributed by atoms with Gasteiger partial charge >= 0.3 is 117 Å². The number of anilines is 2. The standard InChI is InChI=1S/C12H8N2.2C2H5.Zn/c1-3-9-5-6-10-4-2-8-14-12(10)11(9)13-7-1;2*1-2;/h1-8H;2*1H2,2H3;/q-2;;;+2. The minimum atomic E-state index is -2.63. The van der Waals surface area contributed by atoms with Crippen molar-refractivity contribution in [3.8, 4) is 0 Å². The van der Waals surface area contributed by atoms with Gasteiger partial charge in [0.1, 0.15) is 0 Å². The van der Waals surface area contributed by atoms with Crippen LogP contribution in [0, 0.1) is 0 Å². The normalized spacial score (nSPS) is 18.4. The fourth-order valence-electron chi connectivity index (χ4n) is 4.60. The molecule has 0 spiro atoms. The third-order valence-electron chi connectivity index (χ3n) is 5.74. The Morgan fingerprint density at radius 1 is 0.842 bits per heavy atom. The molecular formula is C16H18N2Zn. The molecule has 3 heterocycles. The van der Waals surface area contributed by atoms with Crippen LogP contribution in [0.15, 0.2) is 36.7 Å². The number of nitrogens with zero attached hydrogens (tertiary/aromatic N) is 2. The molecule has 0 atom stereocenters. The molecule has 0 radical (unpaired) electrons. The van der Waals surface area contributed by atoms with Crippen molar-refractivity contribution in [2.45, 2.75) is 23.9 Å². The summed E-state index contributed by atoms with van der Waals surface area (Å²) < 4.78 is 5.39. The molecule has 0 aliphatic carbocycles. The van der Waals surface area contributed by atoms with E-state index in [2.05, 4.69) is 70.0 Å². The van der Waals surface area contributed by atoms with Crippen molar-refractivity contribution in [3.63, 3.8) is 0 Å². The Morgan fingerprint density at radius 3 is 1.74 bits per heavy atom. The Bertz CT molecular complexity index is 667. The third-order valence-corrected chi connectivity index (χ3v) is 20.0. The first-order valence-electron chi connectivity index (χ1n) is 7.58. The van der Waals surface area contributed by atoms with E-state index < -0.39 is 15.3 Å². The van der Waals surface area contributed by atoms with Gasteiger partial charge in [-0.1, -0.05) is 0 Å². The molecule has 4 rings (SSSR count). The fourth-order valence-corrected chi connectivity index (χ4v) is 16.8. The van der Waals surface area contributed by atoms with Crippen molar-refractivity contribution in [1.82, 2.24) is 0 Å². The summed E-state index contributed by atoms with van der Waals surface area (Å²) in [6, 6.07) is 4.54. The molecule has 94 valence electrons. The van der Waals surface area contributed by atoms with Crippen molar-refractivity contribution < 1.29 is 15.3 Å². The van der Waals surface area contributed by atoms with Crippen LogP contribution >= 0.6 is 0 Å². The molecule has 2 nitrogen and oxygen atoms in total. The van der Waals surface area contributed by atoms with Crippen molar-refractivity contribution in [2.24, 2.45) is 0 Å². The molecule has 3 aliphatic rings. The zero-order valence-electron chi connectivity index (χ0n) is 11.6. The summed E-state index contributed by atoms with van der Waals surface area (Å²) >= 11 is -2.63. The topological polar surface area (TPSA) is 6.48 Å². The molecule has 19 heavy (non-hydrogen) atoms. The summed E-state index contributed by atoms with van der Waals surface area (Å²) in [6.07, 6.45) is 13.6. The summed E-state index contributed by atoms with van der Waals surface area (Å²) in [5, 5.41) is 5.42. The average Bonchev–Trinajstić information content (AvgIpc) is 2.77. The van der Waals surface area contributed by atoms with Gasteiger partial charge in [-0.25, -0.2) is 0 Å². The Hall–Kier alpha value is -1.34. The Kier molecular flexibility index (Phi) is 2.32. The molecular weight excluding hydrogens is 286 g/mol. The molecule has 0 amide bonds. The molecule has 0 N–H and O–H groups in total. The first-order chi connectivity index (χ1) is 9.31. The van der Waals surface area contributed by atoms with Crippen LogP contribution in [0.5, 0.6) is 0 Å². The van der Waals surface area contributed by atoms with Gasteiger partial charge in [-0.2, -0.15) is 0 Å². The Labute approximate surface area is 117 Å². The van der Waals surface area contributed by atoms with E-state index in [0.29, 0.717) is 0 Å². The van der Waals surface area contributed by atoms with E-state index in [0.717, 1.165) is 0 Å². The quantitative estimate of drug-likeness (QED) is 0.775. The molecule has 3 aliphatic heterocycles. The van der Waals surface area contributed by atoms with Crippen LogP contribution < -0.4 is 17.7 Å². The molecule has 0 saturated carbocycles. The summed E-state index contributed by atoms with van der Waals surface area (Å²) in [4.78, 5) is 0. The second kappa shape index (κ2) is 3.83. The molecule has 0 fully saturated rings. The first-order valence-corrected chi connectivity index (χ1v) is 14.4. The van der Waals surface area contributed by atoms with Gasteiger partial charge in [0, 0.05) is 0 Å². The van der Waals surface area contributed by atoms with E-state index in [-0.39, 0.29) is 0 Å². The maximum absolute atomic E-state index is 2.70. The van der Waals surface area contributed by atoms with Gasteiger partial charge in [0.05, 0.1) is 0 Å². The van der Waals surface area contributed by atoms with Crippen molar-refractivity contribution in [1.29, 1.82) is 0 Å². The average molecular weight is 304 g/mol. The minimum absolute atomic E-state index is 1.32. The van der Waals surface area contributed by atoms with E-state index in [1.165, 1.54) is 31.8 Å². The second-order valence-corrected chi connectivity index (χ2v) is 19.2. The first kappa shape index (κ1) is 11.5. The summed E-state index contributed by atoms with van der Waals surface area (Å²) in [7, 11) is 0. The van der Waals surface area contributed by atoms with Crippen LogP contribution in [0.1, 0.15) is 13.8 Å². The number of rotatable bonds is 2. The van der Waals surface area contributed by atoms with Crippen molar-refractivity contribution in [3.05, 3.63) is 47.1 Å². The van der Waals surface area contributed by atoms with Gasteiger partial charge < -0.3 is 0 Å². The summed E-state index contributed by atoms with van der Waals surface area (Å²) in [6.45, 7) is 4.76. The van der Waals surface area contributed by atoms with Gasteiger partial charge in [0.25, 0.3) is 0 Å². The maximum atomic E-state index is 2.70. The molecule has 3 heteroatoms. The predicted octanol–water partition coefficient (Wildman–Crippen LogP) is 2.79. The van der Waals surface area contributed by atoms with Crippen LogP contribution in [0.4, 0.5) is 11.4 Å². The summed E-state index contributed by atoms with van der Waals surface area (Å²) in [5.41, 5.74) is 2.95. The molecule has 0 bridgehead atoms. The van der Waals surface area contributed by atoms with Gasteiger partial charge in [-0.05, 0) is 0 Å². The van der Waals surface area contributed by atoms with E-state index in [1.807, 2.05) is 0 Å². The Morgan fingerprint density at radius 2 is 1.32 bits per heavy atom. The number of hydrogen-bond acceptors (Lipinski definition) is 2. The number of allylic oxidation sites excluding steroid dienone is 2. The molecule has 1 aromatic carbocycles. The van der Waals surface area contributed by atoms with Crippen LogP contribution in [0.3, 0.4) is 0 Å². The van der Waals surface area contributed by atoms with Crippen molar-refractivity contribution >= 4 is 23.5 Å². The molecule has 0 saturated heterocycles. The van der Waals surface area contributed by atoms with Gasteiger partial charge in [0.2, 0.25) is 0 Å². The zero-order valence-corrected chi connectivity index (χ0v) is 14.6. The second-order valence-electron chi connectivity index (χ2n) is 6.29. The zero-order chi connectivity index (χ0) is 13.0. The van der Waals surface area contributed by atoms with Crippen LogP contribution in [-0.2, 0) is 15.3 Å². The SMILES string of the molecule is C[CH2][Zn]1([CH2]C)[N]2C=CC=c3ccc4c(c32)[N]1C=CC=4. The number of hydrogen-bond donors (Lipinski definition) is 0.